The van der Waals surface area contributed by atoms with Gasteiger partial charge in [0.2, 0.25) is 0 Å². The number of pyridine rings is 2. The van der Waals surface area contributed by atoms with Crippen LogP contribution in [0, 0.1) is 5.92 Å². The van der Waals surface area contributed by atoms with Crippen LogP contribution in [0.1, 0.15) is 38.2 Å². The van der Waals surface area contributed by atoms with Crippen LogP contribution in [0.25, 0.3) is 11.3 Å². The Labute approximate surface area is 172 Å². The standard InChI is InChI=1S/C20H23ClF3N3O2/c1-19(29,20(22,23)24)13-5-6-16(25-9-13)15-10-26-18(21)8-17(15)27-14-4-2-3-12(7-14)11-28/h5-6,8-10,12,14,28-29H,2-4,7,11H2,1H3,(H,26,27)/t12-,14-,19?/m0/s1. The Morgan fingerprint density at radius 1 is 1.21 bits per heavy atom. The number of nitrogens with one attached hydrogen (secondary N) is 1. The number of aliphatic hydroxyl groups is 2. The van der Waals surface area contributed by atoms with Gasteiger partial charge in [0.15, 0.2) is 5.60 Å². The fraction of sp³-hybridized carbons (Fsp3) is 0.500. The molecule has 3 N–H and O–H groups in total. The molecule has 1 saturated carbocycles. The molecule has 1 aliphatic carbocycles. The summed E-state index contributed by atoms with van der Waals surface area (Å²) in [5.41, 5.74) is -1.65. The van der Waals surface area contributed by atoms with Crippen LogP contribution in [-0.4, -0.2) is 39.0 Å². The van der Waals surface area contributed by atoms with Crippen LogP contribution in [0.5, 0.6) is 0 Å². The van der Waals surface area contributed by atoms with Gasteiger partial charge >= 0.3 is 6.18 Å². The Morgan fingerprint density at radius 2 is 1.97 bits per heavy atom. The van der Waals surface area contributed by atoms with Crippen LogP contribution in [0.2, 0.25) is 5.15 Å². The molecule has 2 aromatic rings. The Kier molecular flexibility index (Phi) is 6.36. The van der Waals surface area contributed by atoms with Gasteiger partial charge in [0.25, 0.3) is 0 Å². The van der Waals surface area contributed by atoms with Gasteiger partial charge in [0.1, 0.15) is 5.15 Å². The summed E-state index contributed by atoms with van der Waals surface area (Å²) in [6.07, 6.45) is 1.46. The van der Waals surface area contributed by atoms with Crippen LogP contribution >= 0.6 is 11.6 Å². The van der Waals surface area contributed by atoms with E-state index in [1.54, 1.807) is 6.07 Å². The first kappa shape index (κ1) is 21.8. The fourth-order valence-electron chi connectivity index (χ4n) is 3.57. The van der Waals surface area contributed by atoms with Crippen molar-refractivity contribution in [3.63, 3.8) is 0 Å². The molecule has 0 bridgehead atoms. The van der Waals surface area contributed by atoms with Gasteiger partial charge in [-0.2, -0.15) is 13.2 Å². The topological polar surface area (TPSA) is 78.3 Å². The molecule has 1 fully saturated rings. The van der Waals surface area contributed by atoms with E-state index in [-0.39, 0.29) is 29.3 Å². The Morgan fingerprint density at radius 3 is 2.59 bits per heavy atom. The van der Waals surface area contributed by atoms with Crippen LogP contribution < -0.4 is 5.32 Å². The highest BCUT2D eigenvalue weighted by molar-refractivity contribution is 6.29. The molecule has 3 atom stereocenters. The van der Waals surface area contributed by atoms with Gasteiger partial charge in [0.05, 0.1) is 5.69 Å². The van der Waals surface area contributed by atoms with E-state index in [1.165, 1.54) is 18.3 Å². The van der Waals surface area contributed by atoms with Crippen molar-refractivity contribution in [1.82, 2.24) is 9.97 Å². The molecule has 0 spiro atoms. The van der Waals surface area contributed by atoms with E-state index in [4.69, 9.17) is 11.6 Å². The van der Waals surface area contributed by atoms with Crippen molar-refractivity contribution in [2.45, 2.75) is 50.4 Å². The molecule has 0 saturated heterocycles. The van der Waals surface area contributed by atoms with Crippen LogP contribution in [-0.2, 0) is 5.60 Å². The van der Waals surface area contributed by atoms with Crippen molar-refractivity contribution in [2.75, 3.05) is 11.9 Å². The van der Waals surface area contributed by atoms with E-state index in [0.717, 1.165) is 31.9 Å². The number of anilines is 1. The highest BCUT2D eigenvalue weighted by Gasteiger charge is 2.51. The van der Waals surface area contributed by atoms with Gasteiger partial charge in [-0.3, -0.25) is 4.98 Å². The number of hydrogen-bond acceptors (Lipinski definition) is 5. The van der Waals surface area contributed by atoms with E-state index in [0.29, 0.717) is 23.9 Å². The molecule has 1 aliphatic rings. The van der Waals surface area contributed by atoms with E-state index >= 15 is 0 Å². The number of nitrogens with zero attached hydrogens (tertiary/aromatic N) is 2. The Balaban J connectivity index is 1.87. The lowest BCUT2D eigenvalue weighted by molar-refractivity contribution is -0.259. The molecule has 5 nitrogen and oxygen atoms in total. The van der Waals surface area contributed by atoms with Gasteiger partial charge in [-0.15, -0.1) is 0 Å². The molecule has 158 valence electrons. The number of halogens is 4. The second kappa shape index (κ2) is 8.45. The molecule has 1 unspecified atom stereocenters. The molecule has 2 aromatic heterocycles. The quantitative estimate of drug-likeness (QED) is 0.609. The van der Waals surface area contributed by atoms with E-state index < -0.39 is 11.8 Å². The van der Waals surface area contributed by atoms with Crippen molar-refractivity contribution in [3.8, 4) is 11.3 Å². The van der Waals surface area contributed by atoms with Crippen molar-refractivity contribution in [3.05, 3.63) is 41.3 Å². The third-order valence-corrected chi connectivity index (χ3v) is 5.63. The maximum atomic E-state index is 13.0. The lowest BCUT2D eigenvalue weighted by Gasteiger charge is -2.30. The third kappa shape index (κ3) is 4.82. The lowest BCUT2D eigenvalue weighted by atomic mass is 9.86. The molecule has 0 radical (unpaired) electrons. The molecule has 3 rings (SSSR count). The summed E-state index contributed by atoms with van der Waals surface area (Å²) in [6, 6.07) is 4.42. The zero-order chi connectivity index (χ0) is 21.2. The summed E-state index contributed by atoms with van der Waals surface area (Å²) in [6.45, 7) is 0.839. The summed E-state index contributed by atoms with van der Waals surface area (Å²) in [5, 5.41) is 22.9. The summed E-state index contributed by atoms with van der Waals surface area (Å²) in [4.78, 5) is 8.19. The predicted molar refractivity (Wildman–Crippen MR) is 105 cm³/mol. The first-order chi connectivity index (χ1) is 13.6. The van der Waals surface area contributed by atoms with Gasteiger partial charge in [-0.25, -0.2) is 4.98 Å². The number of alkyl halides is 3. The smallest absolute Gasteiger partial charge is 0.396 e. The highest BCUT2D eigenvalue weighted by atomic mass is 35.5. The zero-order valence-electron chi connectivity index (χ0n) is 15.9. The summed E-state index contributed by atoms with van der Waals surface area (Å²) >= 11 is 6.04. The van der Waals surface area contributed by atoms with Crippen molar-refractivity contribution in [2.24, 2.45) is 5.92 Å². The van der Waals surface area contributed by atoms with Crippen molar-refractivity contribution >= 4 is 17.3 Å². The second-order valence-corrected chi connectivity index (χ2v) is 8.00. The number of hydrogen-bond donors (Lipinski definition) is 3. The third-order valence-electron chi connectivity index (χ3n) is 5.42. The average Bonchev–Trinajstić information content (AvgIpc) is 2.67. The van der Waals surface area contributed by atoms with Crippen LogP contribution in [0.3, 0.4) is 0 Å². The van der Waals surface area contributed by atoms with Crippen molar-refractivity contribution < 1.29 is 23.4 Å². The molecule has 2 heterocycles. The molecule has 9 heteroatoms. The van der Waals surface area contributed by atoms with Crippen molar-refractivity contribution in [1.29, 1.82) is 0 Å². The molecular weight excluding hydrogens is 407 g/mol. The van der Waals surface area contributed by atoms with E-state index in [2.05, 4.69) is 15.3 Å². The van der Waals surface area contributed by atoms with E-state index in [9.17, 15) is 23.4 Å². The summed E-state index contributed by atoms with van der Waals surface area (Å²) in [5.74, 6) is 0.240. The minimum Gasteiger partial charge on any atom is -0.396 e. The van der Waals surface area contributed by atoms with Gasteiger partial charge in [0, 0.05) is 41.9 Å². The van der Waals surface area contributed by atoms with Gasteiger partial charge in [-0.1, -0.05) is 24.1 Å². The molecule has 0 amide bonds. The van der Waals surface area contributed by atoms with Gasteiger partial charge in [-0.05, 0) is 44.2 Å². The molecule has 29 heavy (non-hydrogen) atoms. The van der Waals surface area contributed by atoms with Crippen LogP contribution in [0.15, 0.2) is 30.6 Å². The predicted octanol–water partition coefficient (Wildman–Crippen LogP) is 4.53. The summed E-state index contributed by atoms with van der Waals surface area (Å²) < 4.78 is 39.1. The minimum atomic E-state index is -4.81. The molecule has 0 aliphatic heterocycles. The van der Waals surface area contributed by atoms with E-state index in [1.807, 2.05) is 0 Å². The molecule has 0 aromatic carbocycles. The second-order valence-electron chi connectivity index (χ2n) is 7.61. The highest BCUT2D eigenvalue weighted by Crippen LogP contribution is 2.39. The Bertz CT molecular complexity index is 844. The summed E-state index contributed by atoms with van der Waals surface area (Å²) in [7, 11) is 0. The maximum absolute atomic E-state index is 13.0. The lowest BCUT2D eigenvalue weighted by Crippen LogP contribution is -2.39. The first-order valence-electron chi connectivity index (χ1n) is 9.40. The maximum Gasteiger partial charge on any atom is 0.421 e. The minimum absolute atomic E-state index is 0.142. The first-order valence-corrected chi connectivity index (χ1v) is 9.78. The van der Waals surface area contributed by atoms with Crippen LogP contribution in [0.4, 0.5) is 18.9 Å². The number of aliphatic hydroxyl groups excluding tert-OH is 1. The SMILES string of the molecule is CC(O)(c1ccc(-c2cnc(Cl)cc2N[C@H]2CCC[C@H](CO)C2)nc1)C(F)(F)F. The number of rotatable bonds is 5. The monoisotopic (exact) mass is 429 g/mol. The molecular formula is C20H23ClF3N3O2. The largest absolute Gasteiger partial charge is 0.421 e. The normalized spacial score (nSPS) is 22.2. The fourth-order valence-corrected chi connectivity index (χ4v) is 3.72. The van der Waals surface area contributed by atoms with Gasteiger partial charge < -0.3 is 15.5 Å². The zero-order valence-corrected chi connectivity index (χ0v) is 16.6. The average molecular weight is 430 g/mol. The Hall–Kier alpha value is -1.90. The number of aromatic nitrogens is 2.